The van der Waals surface area contributed by atoms with E-state index in [1.54, 1.807) is 19.1 Å². The Morgan fingerprint density at radius 3 is 2.39 bits per heavy atom. The Morgan fingerprint density at radius 2 is 1.83 bits per heavy atom. The molecule has 2 aromatic carbocycles. The first-order valence-corrected chi connectivity index (χ1v) is 11.1. The van der Waals surface area contributed by atoms with Crippen molar-refractivity contribution in [3.8, 4) is 11.5 Å². The summed E-state index contributed by atoms with van der Waals surface area (Å²) in [6.45, 7) is 2.82. The van der Waals surface area contributed by atoms with Gasteiger partial charge in [0.05, 0.1) is 31.7 Å². The van der Waals surface area contributed by atoms with E-state index in [-0.39, 0.29) is 22.9 Å². The third kappa shape index (κ3) is 5.39. The van der Waals surface area contributed by atoms with Gasteiger partial charge in [0.15, 0.2) is 0 Å². The van der Waals surface area contributed by atoms with Crippen molar-refractivity contribution in [3.63, 3.8) is 0 Å². The zero-order valence-corrected chi connectivity index (χ0v) is 20.6. The average Bonchev–Trinajstić information content (AvgIpc) is 2.85. The summed E-state index contributed by atoms with van der Waals surface area (Å²) in [5, 5.41) is 10.8. The molecule has 0 saturated heterocycles. The molecule has 0 aliphatic carbocycles. The summed E-state index contributed by atoms with van der Waals surface area (Å²) in [6.07, 6.45) is -2.99. The van der Waals surface area contributed by atoms with Crippen molar-refractivity contribution in [1.82, 2.24) is 9.97 Å². The minimum atomic E-state index is -5.05. The minimum Gasteiger partial charge on any atom is -0.496 e. The van der Waals surface area contributed by atoms with E-state index >= 15 is 0 Å². The van der Waals surface area contributed by atoms with Gasteiger partial charge in [0.1, 0.15) is 23.8 Å². The molecule has 1 aromatic heterocycles. The molecule has 0 radical (unpaired) electrons. The van der Waals surface area contributed by atoms with E-state index < -0.39 is 29.4 Å². The number of nitrogens with zero attached hydrogens (tertiary/aromatic N) is 2. The quantitative estimate of drug-likeness (QED) is 0.396. The second-order valence-electron chi connectivity index (χ2n) is 8.02. The van der Waals surface area contributed by atoms with Gasteiger partial charge in [-0.25, -0.2) is 4.79 Å². The normalized spacial score (nSPS) is 14.0. The predicted octanol–water partition coefficient (Wildman–Crippen LogP) is 5.37. The van der Waals surface area contributed by atoms with Crippen LogP contribution < -0.4 is 9.47 Å². The standard InChI is InChI=1S/C25H24ClF3N2O5/c1-14-11-31-22(12-30-14)24(33,25(27,28)29)15(2)19-8-7-18(10-20(19)26)36-13-17-6-5-16(23(32)35-4)9-21(17)34-3/h5-12,15,33H,13H2,1-4H3/t15-,24-/m1/s1. The summed E-state index contributed by atoms with van der Waals surface area (Å²) in [7, 11) is 2.71. The summed E-state index contributed by atoms with van der Waals surface area (Å²) in [5.41, 5.74) is -2.59. The van der Waals surface area contributed by atoms with E-state index in [0.717, 1.165) is 12.4 Å². The molecule has 0 aliphatic heterocycles. The molecule has 0 unspecified atom stereocenters. The van der Waals surface area contributed by atoms with Crippen LogP contribution in [0, 0.1) is 6.92 Å². The fraction of sp³-hybridized carbons (Fsp3) is 0.320. The van der Waals surface area contributed by atoms with Crippen molar-refractivity contribution < 1.29 is 37.3 Å². The maximum absolute atomic E-state index is 14.1. The molecule has 7 nitrogen and oxygen atoms in total. The smallest absolute Gasteiger partial charge is 0.423 e. The largest absolute Gasteiger partial charge is 0.496 e. The van der Waals surface area contributed by atoms with E-state index in [1.807, 2.05) is 0 Å². The Balaban J connectivity index is 1.85. The van der Waals surface area contributed by atoms with Crippen molar-refractivity contribution in [1.29, 1.82) is 0 Å². The van der Waals surface area contributed by atoms with Crippen molar-refractivity contribution in [2.45, 2.75) is 38.1 Å². The first kappa shape index (κ1) is 27.2. The zero-order chi connectivity index (χ0) is 26.7. The van der Waals surface area contributed by atoms with E-state index in [9.17, 15) is 23.1 Å². The van der Waals surface area contributed by atoms with Gasteiger partial charge in [0.2, 0.25) is 5.60 Å². The van der Waals surface area contributed by atoms with Gasteiger partial charge in [-0.15, -0.1) is 0 Å². The van der Waals surface area contributed by atoms with Crippen LogP contribution in [-0.2, 0) is 16.9 Å². The lowest BCUT2D eigenvalue weighted by Crippen LogP contribution is -2.47. The van der Waals surface area contributed by atoms with E-state index in [2.05, 4.69) is 9.97 Å². The molecule has 0 bridgehead atoms. The monoisotopic (exact) mass is 524 g/mol. The van der Waals surface area contributed by atoms with Crippen LogP contribution >= 0.6 is 11.6 Å². The van der Waals surface area contributed by atoms with E-state index in [4.69, 9.17) is 25.8 Å². The Kier molecular flexibility index (Phi) is 8.10. The second kappa shape index (κ2) is 10.7. The summed E-state index contributed by atoms with van der Waals surface area (Å²) in [4.78, 5) is 19.3. The highest BCUT2D eigenvalue weighted by Gasteiger charge is 2.60. The molecule has 0 amide bonds. The van der Waals surface area contributed by atoms with Crippen molar-refractivity contribution >= 4 is 17.6 Å². The molecule has 0 aliphatic rings. The van der Waals surface area contributed by atoms with Gasteiger partial charge in [-0.1, -0.05) is 30.7 Å². The first-order valence-electron chi connectivity index (χ1n) is 10.7. The van der Waals surface area contributed by atoms with Crippen LogP contribution in [0.15, 0.2) is 48.8 Å². The van der Waals surface area contributed by atoms with E-state index in [1.165, 1.54) is 45.4 Å². The molecule has 3 aromatic rings. The third-order valence-corrected chi connectivity index (χ3v) is 6.10. The number of halogens is 4. The number of rotatable bonds is 8. The lowest BCUT2D eigenvalue weighted by Gasteiger charge is -2.35. The van der Waals surface area contributed by atoms with Gasteiger partial charge in [-0.05, 0) is 36.8 Å². The number of aromatic nitrogens is 2. The zero-order valence-electron chi connectivity index (χ0n) is 19.9. The van der Waals surface area contributed by atoms with Crippen LogP contribution in [0.5, 0.6) is 11.5 Å². The highest BCUT2D eigenvalue weighted by Crippen LogP contribution is 2.49. The van der Waals surface area contributed by atoms with Gasteiger partial charge < -0.3 is 19.3 Å². The number of esters is 1. The van der Waals surface area contributed by atoms with E-state index in [0.29, 0.717) is 22.6 Å². The lowest BCUT2D eigenvalue weighted by atomic mass is 9.80. The van der Waals surface area contributed by atoms with Gasteiger partial charge >= 0.3 is 12.1 Å². The van der Waals surface area contributed by atoms with Crippen LogP contribution in [0.1, 0.15) is 45.7 Å². The number of methoxy groups -OCH3 is 2. The SMILES string of the molecule is COC(=O)c1ccc(COc2ccc([C@@H](C)[C@@](O)(c3cnc(C)cn3)C(F)(F)F)c(Cl)c2)c(OC)c1. The molecular weight excluding hydrogens is 501 g/mol. The molecule has 1 N–H and O–H groups in total. The molecule has 36 heavy (non-hydrogen) atoms. The number of carbonyl (C=O) groups excluding carboxylic acids is 1. The Labute approximate surface area is 210 Å². The maximum Gasteiger partial charge on any atom is 0.423 e. The van der Waals surface area contributed by atoms with Crippen LogP contribution in [0.25, 0.3) is 0 Å². The number of aliphatic hydroxyl groups is 1. The molecule has 1 heterocycles. The number of benzene rings is 2. The summed E-state index contributed by atoms with van der Waals surface area (Å²) in [5.74, 6) is -1.36. The third-order valence-electron chi connectivity index (χ3n) is 5.77. The van der Waals surface area contributed by atoms with Gasteiger partial charge in [0, 0.05) is 22.7 Å². The minimum absolute atomic E-state index is 0.0291. The molecule has 11 heteroatoms. The first-order chi connectivity index (χ1) is 16.9. The van der Waals surface area contributed by atoms with Gasteiger partial charge in [0.25, 0.3) is 0 Å². The van der Waals surface area contributed by atoms with Crippen LogP contribution in [0.3, 0.4) is 0 Å². The number of aryl methyl sites for hydroxylation is 1. The van der Waals surface area contributed by atoms with Crippen molar-refractivity contribution in [2.24, 2.45) is 0 Å². The summed E-state index contributed by atoms with van der Waals surface area (Å²) in [6, 6.07) is 8.86. The number of hydrogen-bond acceptors (Lipinski definition) is 7. The fourth-order valence-corrected chi connectivity index (χ4v) is 3.98. The molecular formula is C25H24ClF3N2O5. The highest BCUT2D eigenvalue weighted by atomic mass is 35.5. The average molecular weight is 525 g/mol. The number of carbonyl (C=O) groups is 1. The van der Waals surface area contributed by atoms with Crippen molar-refractivity contribution in [3.05, 3.63) is 81.9 Å². The molecule has 0 spiro atoms. The van der Waals surface area contributed by atoms with Crippen LogP contribution in [0.4, 0.5) is 13.2 Å². The van der Waals surface area contributed by atoms with Crippen LogP contribution in [-0.4, -0.2) is 41.4 Å². The molecule has 2 atom stereocenters. The number of alkyl halides is 3. The van der Waals surface area contributed by atoms with Gasteiger partial charge in [-0.2, -0.15) is 13.2 Å². The Bertz CT molecular complexity index is 1240. The van der Waals surface area contributed by atoms with Crippen LogP contribution in [0.2, 0.25) is 5.02 Å². The predicted molar refractivity (Wildman–Crippen MR) is 125 cm³/mol. The number of ether oxygens (including phenoxy) is 3. The Morgan fingerprint density at radius 1 is 1.11 bits per heavy atom. The molecule has 192 valence electrons. The lowest BCUT2D eigenvalue weighted by molar-refractivity contribution is -0.276. The second-order valence-corrected chi connectivity index (χ2v) is 8.43. The van der Waals surface area contributed by atoms with Gasteiger partial charge in [-0.3, -0.25) is 9.97 Å². The molecule has 3 rings (SSSR count). The van der Waals surface area contributed by atoms with Crippen molar-refractivity contribution in [2.75, 3.05) is 14.2 Å². The maximum atomic E-state index is 14.1. The summed E-state index contributed by atoms with van der Waals surface area (Å²) >= 11 is 6.33. The fourth-order valence-electron chi connectivity index (χ4n) is 3.65. The molecule has 0 fully saturated rings. The Hall–Kier alpha value is -3.37. The highest BCUT2D eigenvalue weighted by molar-refractivity contribution is 6.31. The topological polar surface area (TPSA) is 90.8 Å². The summed E-state index contributed by atoms with van der Waals surface area (Å²) < 4.78 is 58.0. The molecule has 0 saturated carbocycles. The number of hydrogen-bond donors (Lipinski definition) is 1.